The lowest BCUT2D eigenvalue weighted by Crippen LogP contribution is -2.37. The van der Waals surface area contributed by atoms with Crippen LogP contribution in [0.1, 0.15) is 17.8 Å². The Bertz CT molecular complexity index is 296. The van der Waals surface area contributed by atoms with Gasteiger partial charge in [-0.2, -0.15) is 0 Å². The van der Waals surface area contributed by atoms with E-state index in [1.165, 1.54) is 4.88 Å². The summed E-state index contributed by atoms with van der Waals surface area (Å²) in [5.74, 6) is 0. The third-order valence-electron chi connectivity index (χ3n) is 2.62. The molecule has 1 aliphatic rings. The number of ether oxygens (including phenoxy) is 1. The van der Waals surface area contributed by atoms with Crippen LogP contribution in [0.15, 0.2) is 11.4 Å². The quantitative estimate of drug-likeness (QED) is 0.776. The molecule has 0 aliphatic carbocycles. The first-order chi connectivity index (χ1) is 6.79. The molecule has 2 heterocycles. The Morgan fingerprint density at radius 2 is 2.21 bits per heavy atom. The Kier molecular flexibility index (Phi) is 3.44. The van der Waals surface area contributed by atoms with E-state index in [0.29, 0.717) is 6.04 Å². The van der Waals surface area contributed by atoms with E-state index in [2.05, 4.69) is 17.2 Å². The van der Waals surface area contributed by atoms with Crippen molar-refractivity contribution in [3.63, 3.8) is 0 Å². The minimum Gasteiger partial charge on any atom is -0.379 e. The van der Waals surface area contributed by atoms with Crippen LogP contribution in [0.4, 0.5) is 0 Å². The van der Waals surface area contributed by atoms with Gasteiger partial charge in [0.25, 0.3) is 0 Å². The van der Waals surface area contributed by atoms with E-state index in [9.17, 15) is 0 Å². The van der Waals surface area contributed by atoms with Crippen LogP contribution in [-0.2, 0) is 4.74 Å². The largest absolute Gasteiger partial charge is 0.379 e. The summed E-state index contributed by atoms with van der Waals surface area (Å²) in [6.07, 6.45) is 0. The summed E-state index contributed by atoms with van der Waals surface area (Å²) in [6.45, 7) is 5.91. The monoisotopic (exact) mass is 231 g/mol. The van der Waals surface area contributed by atoms with Gasteiger partial charge in [0, 0.05) is 24.0 Å². The van der Waals surface area contributed by atoms with Crippen molar-refractivity contribution in [3.05, 3.63) is 21.3 Å². The zero-order chi connectivity index (χ0) is 9.97. The van der Waals surface area contributed by atoms with Crippen LogP contribution in [-0.4, -0.2) is 31.2 Å². The Hall–Kier alpha value is -0.0900. The fourth-order valence-corrected chi connectivity index (χ4v) is 3.04. The molecule has 1 aromatic heterocycles. The minimum atomic E-state index is 0.423. The van der Waals surface area contributed by atoms with Gasteiger partial charge in [-0.25, -0.2) is 0 Å². The molecule has 1 aliphatic heterocycles. The number of morpholine rings is 1. The fourth-order valence-electron chi connectivity index (χ4n) is 1.73. The third-order valence-corrected chi connectivity index (χ3v) is 4.15. The lowest BCUT2D eigenvalue weighted by molar-refractivity contribution is 0.0205. The van der Waals surface area contributed by atoms with Crippen molar-refractivity contribution in [1.29, 1.82) is 0 Å². The molecule has 0 unspecified atom stereocenters. The topological polar surface area (TPSA) is 12.5 Å². The average molecular weight is 232 g/mol. The van der Waals surface area contributed by atoms with Crippen LogP contribution in [0.3, 0.4) is 0 Å². The molecule has 1 saturated heterocycles. The average Bonchev–Trinajstić information content (AvgIpc) is 2.65. The Morgan fingerprint density at radius 1 is 1.50 bits per heavy atom. The van der Waals surface area contributed by atoms with Gasteiger partial charge in [0.1, 0.15) is 0 Å². The molecule has 0 saturated carbocycles. The maximum absolute atomic E-state index is 6.11. The molecule has 0 N–H and O–H groups in total. The Balaban J connectivity index is 2.07. The zero-order valence-corrected chi connectivity index (χ0v) is 9.77. The standard InChI is InChI=1S/C10H14ClNOS/c1-8(10-9(11)2-7-14-10)12-3-5-13-6-4-12/h2,7-8H,3-6H2,1H3/t8-/m0/s1. The molecule has 1 fully saturated rings. The van der Waals surface area contributed by atoms with E-state index in [4.69, 9.17) is 16.3 Å². The van der Waals surface area contributed by atoms with Crippen molar-refractivity contribution in [2.75, 3.05) is 26.3 Å². The normalized spacial score (nSPS) is 21.0. The molecule has 0 radical (unpaired) electrons. The summed E-state index contributed by atoms with van der Waals surface area (Å²) in [7, 11) is 0. The molecular formula is C10H14ClNOS. The van der Waals surface area contributed by atoms with Gasteiger partial charge in [0.05, 0.1) is 18.2 Å². The highest BCUT2D eigenvalue weighted by molar-refractivity contribution is 7.10. The second kappa shape index (κ2) is 4.62. The van der Waals surface area contributed by atoms with Crippen LogP contribution >= 0.6 is 22.9 Å². The summed E-state index contributed by atoms with van der Waals surface area (Å²) in [6, 6.07) is 2.39. The van der Waals surface area contributed by atoms with E-state index in [1.807, 2.05) is 6.07 Å². The first kappa shape index (κ1) is 10.4. The van der Waals surface area contributed by atoms with Crippen LogP contribution in [0.2, 0.25) is 5.02 Å². The number of thiophene rings is 1. The summed E-state index contributed by atoms with van der Waals surface area (Å²) in [4.78, 5) is 3.69. The number of hydrogen-bond donors (Lipinski definition) is 0. The molecule has 0 bridgehead atoms. The van der Waals surface area contributed by atoms with Gasteiger partial charge in [-0.05, 0) is 18.4 Å². The molecule has 2 rings (SSSR count). The van der Waals surface area contributed by atoms with E-state index >= 15 is 0 Å². The second-order valence-corrected chi connectivity index (χ2v) is 4.81. The van der Waals surface area contributed by atoms with E-state index < -0.39 is 0 Å². The maximum atomic E-state index is 6.11. The predicted octanol–water partition coefficient (Wildman–Crippen LogP) is 2.79. The molecule has 78 valence electrons. The number of rotatable bonds is 2. The number of halogens is 1. The molecule has 1 atom stereocenters. The minimum absolute atomic E-state index is 0.423. The zero-order valence-electron chi connectivity index (χ0n) is 8.20. The van der Waals surface area contributed by atoms with Gasteiger partial charge in [0.15, 0.2) is 0 Å². The van der Waals surface area contributed by atoms with Crippen molar-refractivity contribution >= 4 is 22.9 Å². The Labute approximate surface area is 93.4 Å². The highest BCUT2D eigenvalue weighted by Gasteiger charge is 2.20. The molecule has 4 heteroatoms. The molecule has 0 aromatic carbocycles. The first-order valence-electron chi connectivity index (χ1n) is 4.83. The lowest BCUT2D eigenvalue weighted by atomic mass is 10.2. The number of hydrogen-bond acceptors (Lipinski definition) is 3. The second-order valence-electron chi connectivity index (χ2n) is 3.46. The van der Waals surface area contributed by atoms with Gasteiger partial charge in [-0.1, -0.05) is 11.6 Å². The summed E-state index contributed by atoms with van der Waals surface area (Å²) in [5, 5.41) is 2.95. The highest BCUT2D eigenvalue weighted by atomic mass is 35.5. The summed E-state index contributed by atoms with van der Waals surface area (Å²) >= 11 is 7.84. The van der Waals surface area contributed by atoms with Crippen molar-refractivity contribution in [1.82, 2.24) is 4.90 Å². The fraction of sp³-hybridized carbons (Fsp3) is 0.600. The maximum Gasteiger partial charge on any atom is 0.0594 e. The van der Waals surface area contributed by atoms with Gasteiger partial charge in [0.2, 0.25) is 0 Å². The molecule has 14 heavy (non-hydrogen) atoms. The van der Waals surface area contributed by atoms with Crippen molar-refractivity contribution in [3.8, 4) is 0 Å². The molecule has 0 spiro atoms. The van der Waals surface area contributed by atoms with E-state index in [1.54, 1.807) is 11.3 Å². The van der Waals surface area contributed by atoms with Gasteiger partial charge >= 0.3 is 0 Å². The van der Waals surface area contributed by atoms with Crippen molar-refractivity contribution in [2.45, 2.75) is 13.0 Å². The highest BCUT2D eigenvalue weighted by Crippen LogP contribution is 2.32. The van der Waals surface area contributed by atoms with E-state index in [0.717, 1.165) is 31.3 Å². The molecule has 2 nitrogen and oxygen atoms in total. The first-order valence-corrected chi connectivity index (χ1v) is 6.09. The third kappa shape index (κ3) is 2.11. The summed E-state index contributed by atoms with van der Waals surface area (Å²) < 4.78 is 5.33. The summed E-state index contributed by atoms with van der Waals surface area (Å²) in [5.41, 5.74) is 0. The molecule has 0 amide bonds. The van der Waals surface area contributed by atoms with Crippen molar-refractivity contribution < 1.29 is 4.74 Å². The van der Waals surface area contributed by atoms with Gasteiger partial charge in [-0.15, -0.1) is 11.3 Å². The van der Waals surface area contributed by atoms with Crippen LogP contribution < -0.4 is 0 Å². The van der Waals surface area contributed by atoms with Crippen LogP contribution in [0, 0.1) is 0 Å². The van der Waals surface area contributed by atoms with Crippen molar-refractivity contribution in [2.24, 2.45) is 0 Å². The molecule has 1 aromatic rings. The van der Waals surface area contributed by atoms with Gasteiger partial charge in [-0.3, -0.25) is 4.90 Å². The molecular weight excluding hydrogens is 218 g/mol. The van der Waals surface area contributed by atoms with Crippen LogP contribution in [0.5, 0.6) is 0 Å². The lowest BCUT2D eigenvalue weighted by Gasteiger charge is -2.31. The SMILES string of the molecule is C[C@@H](c1sccc1Cl)N1CCOCC1. The predicted molar refractivity (Wildman–Crippen MR) is 60.1 cm³/mol. The van der Waals surface area contributed by atoms with Crippen LogP contribution in [0.25, 0.3) is 0 Å². The van der Waals surface area contributed by atoms with E-state index in [-0.39, 0.29) is 0 Å². The number of nitrogens with zero attached hydrogens (tertiary/aromatic N) is 1. The smallest absolute Gasteiger partial charge is 0.0594 e. The Morgan fingerprint density at radius 3 is 2.79 bits per heavy atom. The van der Waals surface area contributed by atoms with Gasteiger partial charge < -0.3 is 4.74 Å².